The van der Waals surface area contributed by atoms with Gasteiger partial charge in [0.1, 0.15) is 0 Å². The third-order valence-corrected chi connectivity index (χ3v) is 1.44. The molecule has 0 fully saturated rings. The van der Waals surface area contributed by atoms with Gasteiger partial charge in [0.15, 0.2) is 0 Å². The second-order valence-electron chi connectivity index (χ2n) is 2.61. The Balaban J connectivity index is 3.68. The van der Waals surface area contributed by atoms with Crippen LogP contribution in [0.3, 0.4) is 0 Å². The normalized spacial score (nSPS) is 15.6. The number of carbonyl (C=O) groups is 1. The van der Waals surface area contributed by atoms with E-state index in [4.69, 9.17) is 10.8 Å². The Kier molecular flexibility index (Phi) is 4.81. The molecule has 0 aliphatic rings. The SMILES string of the molecule is CCC(N)C(=O)N[C@@H](C)CO. The van der Waals surface area contributed by atoms with Crippen LogP contribution in [0.15, 0.2) is 0 Å². The minimum Gasteiger partial charge on any atom is -0.394 e. The average Bonchev–Trinajstić information content (AvgIpc) is 2.02. The van der Waals surface area contributed by atoms with Crippen molar-refractivity contribution in [2.75, 3.05) is 6.61 Å². The molecule has 0 aromatic rings. The molecule has 11 heavy (non-hydrogen) atoms. The largest absolute Gasteiger partial charge is 0.394 e. The molecule has 0 rings (SSSR count). The van der Waals surface area contributed by atoms with Gasteiger partial charge in [0.05, 0.1) is 12.6 Å². The van der Waals surface area contributed by atoms with Crippen LogP contribution in [0.5, 0.6) is 0 Å². The first-order valence-electron chi connectivity index (χ1n) is 3.78. The zero-order valence-electron chi connectivity index (χ0n) is 7.00. The summed E-state index contributed by atoms with van der Waals surface area (Å²) >= 11 is 0. The molecular formula is C7H16N2O2. The Labute approximate surface area is 66.8 Å². The van der Waals surface area contributed by atoms with E-state index in [-0.39, 0.29) is 18.6 Å². The van der Waals surface area contributed by atoms with Crippen molar-refractivity contribution in [2.24, 2.45) is 5.73 Å². The molecule has 0 spiro atoms. The zero-order valence-corrected chi connectivity index (χ0v) is 7.00. The summed E-state index contributed by atoms with van der Waals surface area (Å²) in [6, 6.07) is -0.663. The fourth-order valence-electron chi connectivity index (χ4n) is 0.581. The summed E-state index contributed by atoms with van der Waals surface area (Å²) in [5, 5.41) is 11.1. The van der Waals surface area contributed by atoms with Crippen LogP contribution in [0.1, 0.15) is 20.3 Å². The van der Waals surface area contributed by atoms with Crippen molar-refractivity contribution in [3.63, 3.8) is 0 Å². The van der Waals surface area contributed by atoms with E-state index >= 15 is 0 Å². The molecule has 4 heteroatoms. The lowest BCUT2D eigenvalue weighted by molar-refractivity contribution is -0.123. The van der Waals surface area contributed by atoms with Crippen LogP contribution in [0.2, 0.25) is 0 Å². The highest BCUT2D eigenvalue weighted by atomic mass is 16.3. The Morgan fingerprint density at radius 2 is 2.27 bits per heavy atom. The van der Waals surface area contributed by atoms with E-state index in [0.29, 0.717) is 6.42 Å². The molecule has 0 aromatic heterocycles. The molecule has 1 unspecified atom stereocenters. The van der Waals surface area contributed by atoms with E-state index in [0.717, 1.165) is 0 Å². The molecule has 0 heterocycles. The Morgan fingerprint density at radius 1 is 1.73 bits per heavy atom. The van der Waals surface area contributed by atoms with Gasteiger partial charge in [-0.15, -0.1) is 0 Å². The minimum atomic E-state index is -0.455. The summed E-state index contributed by atoms with van der Waals surface area (Å²) in [6.45, 7) is 3.51. The van der Waals surface area contributed by atoms with Gasteiger partial charge in [-0.25, -0.2) is 0 Å². The number of hydrogen-bond donors (Lipinski definition) is 3. The number of rotatable bonds is 4. The van der Waals surface area contributed by atoms with E-state index in [9.17, 15) is 4.79 Å². The van der Waals surface area contributed by atoms with Gasteiger partial charge >= 0.3 is 0 Å². The molecule has 66 valence electrons. The maximum absolute atomic E-state index is 11.0. The summed E-state index contributed by atoms with van der Waals surface area (Å²) in [6.07, 6.45) is 0.615. The molecule has 4 N–H and O–H groups in total. The molecule has 0 saturated carbocycles. The first-order valence-corrected chi connectivity index (χ1v) is 3.78. The van der Waals surface area contributed by atoms with E-state index in [2.05, 4.69) is 5.32 Å². The number of aliphatic hydroxyl groups excluding tert-OH is 1. The van der Waals surface area contributed by atoms with Crippen LogP contribution in [-0.2, 0) is 4.79 Å². The van der Waals surface area contributed by atoms with E-state index in [1.54, 1.807) is 6.92 Å². The van der Waals surface area contributed by atoms with Crippen LogP contribution >= 0.6 is 0 Å². The molecule has 1 amide bonds. The molecule has 0 saturated heterocycles. The third kappa shape index (κ3) is 3.95. The van der Waals surface area contributed by atoms with Crippen LogP contribution in [0, 0.1) is 0 Å². The lowest BCUT2D eigenvalue weighted by Crippen LogP contribution is -2.45. The smallest absolute Gasteiger partial charge is 0.237 e. The molecule has 4 nitrogen and oxygen atoms in total. The highest BCUT2D eigenvalue weighted by Crippen LogP contribution is 1.87. The number of aliphatic hydroxyl groups is 1. The van der Waals surface area contributed by atoms with Crippen LogP contribution in [0.4, 0.5) is 0 Å². The quantitative estimate of drug-likeness (QED) is 0.505. The number of hydrogen-bond acceptors (Lipinski definition) is 3. The van der Waals surface area contributed by atoms with E-state index < -0.39 is 6.04 Å². The van der Waals surface area contributed by atoms with Crippen molar-refractivity contribution in [1.29, 1.82) is 0 Å². The molecule has 0 aromatic carbocycles. The zero-order chi connectivity index (χ0) is 8.85. The van der Waals surface area contributed by atoms with Crippen LogP contribution in [-0.4, -0.2) is 29.7 Å². The summed E-state index contributed by atoms with van der Waals surface area (Å²) in [5.74, 6) is -0.200. The standard InChI is InChI=1S/C7H16N2O2/c1-3-6(8)7(11)9-5(2)4-10/h5-6,10H,3-4,8H2,1-2H3,(H,9,11)/t5-,6?/m0/s1. The second-order valence-corrected chi connectivity index (χ2v) is 2.61. The van der Waals surface area contributed by atoms with Crippen molar-refractivity contribution < 1.29 is 9.90 Å². The summed E-state index contributed by atoms with van der Waals surface area (Å²) in [5.41, 5.74) is 5.43. The van der Waals surface area contributed by atoms with E-state index in [1.165, 1.54) is 0 Å². The summed E-state index contributed by atoms with van der Waals surface area (Å²) in [4.78, 5) is 11.0. The van der Waals surface area contributed by atoms with Gasteiger partial charge in [-0.1, -0.05) is 6.92 Å². The molecule has 0 aliphatic carbocycles. The number of nitrogens with one attached hydrogen (secondary N) is 1. The molecule has 2 atom stereocenters. The fraction of sp³-hybridized carbons (Fsp3) is 0.857. The molecule has 0 bridgehead atoms. The predicted octanol–water partition coefficient (Wildman–Crippen LogP) is -0.779. The molecular weight excluding hydrogens is 144 g/mol. The van der Waals surface area contributed by atoms with Crippen molar-refractivity contribution >= 4 is 5.91 Å². The summed E-state index contributed by atoms with van der Waals surface area (Å²) in [7, 11) is 0. The highest BCUT2D eigenvalue weighted by Gasteiger charge is 2.12. The first kappa shape index (κ1) is 10.4. The van der Waals surface area contributed by atoms with Crippen molar-refractivity contribution in [1.82, 2.24) is 5.32 Å². The van der Waals surface area contributed by atoms with E-state index in [1.807, 2.05) is 6.92 Å². The van der Waals surface area contributed by atoms with Crippen molar-refractivity contribution in [3.05, 3.63) is 0 Å². The number of amides is 1. The Hall–Kier alpha value is -0.610. The fourth-order valence-corrected chi connectivity index (χ4v) is 0.581. The maximum Gasteiger partial charge on any atom is 0.237 e. The highest BCUT2D eigenvalue weighted by molar-refractivity contribution is 5.81. The Morgan fingerprint density at radius 3 is 2.64 bits per heavy atom. The lowest BCUT2D eigenvalue weighted by Gasteiger charge is -2.13. The maximum atomic E-state index is 11.0. The Bertz CT molecular complexity index is 128. The number of nitrogens with two attached hydrogens (primary N) is 1. The topological polar surface area (TPSA) is 75.4 Å². The van der Waals surface area contributed by atoms with Crippen LogP contribution in [0.25, 0.3) is 0 Å². The average molecular weight is 160 g/mol. The van der Waals surface area contributed by atoms with Gasteiger partial charge < -0.3 is 16.2 Å². The lowest BCUT2D eigenvalue weighted by atomic mass is 10.2. The first-order chi connectivity index (χ1) is 5.11. The molecule has 0 aliphatic heterocycles. The van der Waals surface area contributed by atoms with Gasteiger partial charge in [0.2, 0.25) is 5.91 Å². The molecule has 0 radical (unpaired) electrons. The number of carbonyl (C=O) groups excluding carboxylic acids is 1. The van der Waals surface area contributed by atoms with Crippen molar-refractivity contribution in [3.8, 4) is 0 Å². The van der Waals surface area contributed by atoms with Gasteiger partial charge in [0.25, 0.3) is 0 Å². The van der Waals surface area contributed by atoms with Gasteiger partial charge in [0, 0.05) is 6.04 Å². The van der Waals surface area contributed by atoms with Crippen LogP contribution < -0.4 is 11.1 Å². The second kappa shape index (κ2) is 5.09. The predicted molar refractivity (Wildman–Crippen MR) is 43.0 cm³/mol. The summed E-state index contributed by atoms with van der Waals surface area (Å²) < 4.78 is 0. The van der Waals surface area contributed by atoms with Gasteiger partial charge in [-0.2, -0.15) is 0 Å². The third-order valence-electron chi connectivity index (χ3n) is 1.44. The minimum absolute atomic E-state index is 0.0534. The van der Waals surface area contributed by atoms with Crippen molar-refractivity contribution in [2.45, 2.75) is 32.4 Å². The monoisotopic (exact) mass is 160 g/mol. The van der Waals surface area contributed by atoms with Gasteiger partial charge in [-0.3, -0.25) is 4.79 Å². The van der Waals surface area contributed by atoms with Gasteiger partial charge in [-0.05, 0) is 13.3 Å².